The number of carbonyl (C=O) groups is 1. The maximum absolute atomic E-state index is 12.4. The predicted octanol–water partition coefficient (Wildman–Crippen LogP) is 2.72. The fourth-order valence-corrected chi connectivity index (χ4v) is 3.14. The number of carbonyl (C=O) groups excluding carboxylic acids is 1. The molecule has 1 aromatic carbocycles. The first-order chi connectivity index (χ1) is 11.4. The van der Waals surface area contributed by atoms with Crippen molar-refractivity contribution in [1.82, 2.24) is 5.32 Å². The Kier molecular flexibility index (Phi) is 6.63. The van der Waals surface area contributed by atoms with Crippen LogP contribution in [0.15, 0.2) is 24.3 Å². The van der Waals surface area contributed by atoms with Gasteiger partial charge in [0, 0.05) is 33.2 Å². The monoisotopic (exact) mass is 335 g/mol. The minimum atomic E-state index is -0.337. The van der Waals surface area contributed by atoms with Crippen molar-refractivity contribution in [2.24, 2.45) is 0 Å². The third kappa shape index (κ3) is 4.95. The summed E-state index contributed by atoms with van der Waals surface area (Å²) >= 11 is 0. The highest BCUT2D eigenvalue weighted by atomic mass is 16.5. The lowest BCUT2D eigenvalue weighted by Gasteiger charge is -2.41. The third-order valence-corrected chi connectivity index (χ3v) is 4.55. The maximum Gasteiger partial charge on any atom is 0.224 e. The molecule has 2 rings (SSSR count). The van der Waals surface area contributed by atoms with Gasteiger partial charge in [-0.2, -0.15) is 0 Å². The summed E-state index contributed by atoms with van der Waals surface area (Å²) in [4.78, 5) is 12.4. The molecule has 5 heteroatoms. The van der Waals surface area contributed by atoms with E-state index in [4.69, 9.17) is 14.2 Å². The van der Waals surface area contributed by atoms with Crippen molar-refractivity contribution in [2.75, 3.05) is 20.3 Å². The molecule has 1 heterocycles. The first-order valence-electron chi connectivity index (χ1n) is 8.63. The summed E-state index contributed by atoms with van der Waals surface area (Å²) in [5.74, 6) is 0.785. The highest BCUT2D eigenvalue weighted by molar-refractivity contribution is 5.79. The molecule has 1 amide bonds. The van der Waals surface area contributed by atoms with Crippen molar-refractivity contribution in [3.63, 3.8) is 0 Å². The molecule has 1 saturated heterocycles. The van der Waals surface area contributed by atoms with E-state index in [1.807, 2.05) is 45.0 Å². The molecule has 24 heavy (non-hydrogen) atoms. The minimum Gasteiger partial charge on any atom is -0.491 e. The highest BCUT2D eigenvalue weighted by Crippen LogP contribution is 2.28. The molecule has 0 aromatic heterocycles. The molecule has 0 aliphatic carbocycles. The van der Waals surface area contributed by atoms with E-state index >= 15 is 0 Å². The number of ether oxygens (including phenoxy) is 3. The molecular weight excluding hydrogens is 306 g/mol. The van der Waals surface area contributed by atoms with Gasteiger partial charge in [0.2, 0.25) is 5.91 Å². The summed E-state index contributed by atoms with van der Waals surface area (Å²) in [6.45, 7) is 7.31. The molecule has 134 valence electrons. The number of hydrogen-bond donors (Lipinski definition) is 1. The zero-order valence-corrected chi connectivity index (χ0v) is 15.1. The molecule has 0 saturated carbocycles. The van der Waals surface area contributed by atoms with Crippen LogP contribution < -0.4 is 10.1 Å². The van der Waals surface area contributed by atoms with Crippen LogP contribution in [0.2, 0.25) is 0 Å². The molecule has 1 aliphatic rings. The van der Waals surface area contributed by atoms with E-state index < -0.39 is 0 Å². The van der Waals surface area contributed by atoms with Crippen LogP contribution in [0.5, 0.6) is 5.75 Å². The summed E-state index contributed by atoms with van der Waals surface area (Å²) in [6.07, 6.45) is 2.03. The van der Waals surface area contributed by atoms with E-state index in [-0.39, 0.29) is 23.7 Å². The van der Waals surface area contributed by atoms with Gasteiger partial charge in [-0.05, 0) is 38.5 Å². The van der Waals surface area contributed by atoms with Crippen LogP contribution in [0.1, 0.15) is 39.2 Å². The van der Waals surface area contributed by atoms with Gasteiger partial charge in [-0.25, -0.2) is 0 Å². The van der Waals surface area contributed by atoms with Crippen LogP contribution in [0, 0.1) is 0 Å². The van der Waals surface area contributed by atoms with E-state index in [0.717, 1.165) is 24.2 Å². The SMILES string of the molecule is COC1([C@H](C)NC(=O)Cc2cccc(OC(C)C)c2)CCOCC1. The number of benzene rings is 1. The van der Waals surface area contributed by atoms with Crippen molar-refractivity contribution in [1.29, 1.82) is 0 Å². The third-order valence-electron chi connectivity index (χ3n) is 4.55. The van der Waals surface area contributed by atoms with Crippen LogP contribution in [0.25, 0.3) is 0 Å². The smallest absolute Gasteiger partial charge is 0.224 e. The van der Waals surface area contributed by atoms with E-state index in [2.05, 4.69) is 5.32 Å². The Morgan fingerprint density at radius 2 is 2.00 bits per heavy atom. The van der Waals surface area contributed by atoms with Crippen LogP contribution in [-0.2, 0) is 20.7 Å². The number of amides is 1. The summed E-state index contributed by atoms with van der Waals surface area (Å²) in [7, 11) is 1.71. The topological polar surface area (TPSA) is 56.8 Å². The van der Waals surface area contributed by atoms with Crippen LogP contribution in [0.3, 0.4) is 0 Å². The lowest BCUT2D eigenvalue weighted by molar-refractivity contribution is -0.130. The van der Waals surface area contributed by atoms with E-state index in [0.29, 0.717) is 19.6 Å². The minimum absolute atomic E-state index is 0.00730. The molecular formula is C19H29NO4. The van der Waals surface area contributed by atoms with Crippen LogP contribution in [-0.4, -0.2) is 44.0 Å². The molecule has 0 radical (unpaired) electrons. The van der Waals surface area contributed by atoms with Gasteiger partial charge in [0.1, 0.15) is 5.75 Å². The maximum atomic E-state index is 12.4. The van der Waals surface area contributed by atoms with Gasteiger partial charge in [0.25, 0.3) is 0 Å². The summed E-state index contributed by atoms with van der Waals surface area (Å²) < 4.78 is 16.8. The van der Waals surface area contributed by atoms with Gasteiger partial charge in [-0.1, -0.05) is 12.1 Å². The fourth-order valence-electron chi connectivity index (χ4n) is 3.14. The largest absolute Gasteiger partial charge is 0.491 e. The first kappa shape index (κ1) is 18.7. The van der Waals surface area contributed by atoms with Gasteiger partial charge in [0.15, 0.2) is 0 Å². The average Bonchev–Trinajstić information content (AvgIpc) is 2.55. The van der Waals surface area contributed by atoms with Crippen LogP contribution in [0.4, 0.5) is 0 Å². The quantitative estimate of drug-likeness (QED) is 0.832. The summed E-state index contributed by atoms with van der Waals surface area (Å²) in [5, 5.41) is 3.09. The van der Waals surface area contributed by atoms with Gasteiger partial charge in [-0.3, -0.25) is 4.79 Å². The van der Waals surface area contributed by atoms with E-state index in [9.17, 15) is 4.79 Å². The molecule has 1 aromatic rings. The Morgan fingerprint density at radius 3 is 2.62 bits per heavy atom. The average molecular weight is 335 g/mol. The van der Waals surface area contributed by atoms with Crippen molar-refractivity contribution in [2.45, 2.75) is 57.8 Å². The second-order valence-corrected chi connectivity index (χ2v) is 6.66. The second-order valence-electron chi connectivity index (χ2n) is 6.66. The van der Waals surface area contributed by atoms with Crippen molar-refractivity contribution in [3.8, 4) is 5.75 Å². The predicted molar refractivity (Wildman–Crippen MR) is 93.3 cm³/mol. The Balaban J connectivity index is 1.95. The number of nitrogens with one attached hydrogen (secondary N) is 1. The molecule has 0 unspecified atom stereocenters. The Hall–Kier alpha value is -1.59. The molecule has 1 aliphatic heterocycles. The summed E-state index contributed by atoms with van der Waals surface area (Å²) in [6, 6.07) is 7.63. The second kappa shape index (κ2) is 8.49. The van der Waals surface area contributed by atoms with E-state index in [1.54, 1.807) is 7.11 Å². The van der Waals surface area contributed by atoms with E-state index in [1.165, 1.54) is 0 Å². The van der Waals surface area contributed by atoms with Crippen LogP contribution >= 0.6 is 0 Å². The zero-order valence-electron chi connectivity index (χ0n) is 15.1. The number of hydrogen-bond acceptors (Lipinski definition) is 4. The molecule has 0 bridgehead atoms. The normalized spacial score (nSPS) is 18.2. The number of rotatable bonds is 7. The lowest BCUT2D eigenvalue weighted by atomic mass is 9.86. The molecule has 1 N–H and O–H groups in total. The molecule has 5 nitrogen and oxygen atoms in total. The van der Waals surface area contributed by atoms with Crippen molar-refractivity contribution < 1.29 is 19.0 Å². The zero-order chi connectivity index (χ0) is 17.6. The molecule has 1 fully saturated rings. The first-order valence-corrected chi connectivity index (χ1v) is 8.63. The molecule has 1 atom stereocenters. The van der Waals surface area contributed by atoms with Gasteiger partial charge >= 0.3 is 0 Å². The lowest BCUT2D eigenvalue weighted by Crippen LogP contribution is -2.55. The van der Waals surface area contributed by atoms with Gasteiger partial charge < -0.3 is 19.5 Å². The Bertz CT molecular complexity index is 538. The fraction of sp³-hybridized carbons (Fsp3) is 0.632. The Morgan fingerprint density at radius 1 is 1.29 bits per heavy atom. The van der Waals surface area contributed by atoms with Crippen molar-refractivity contribution >= 4 is 5.91 Å². The van der Waals surface area contributed by atoms with Crippen molar-refractivity contribution in [3.05, 3.63) is 29.8 Å². The number of methoxy groups -OCH3 is 1. The standard InChI is InChI=1S/C19H29NO4/c1-14(2)24-17-7-5-6-16(12-17)13-18(21)20-15(3)19(22-4)8-10-23-11-9-19/h5-7,12,14-15H,8-11,13H2,1-4H3,(H,20,21)/t15-/m0/s1. The molecule has 0 spiro atoms. The summed E-state index contributed by atoms with van der Waals surface area (Å²) in [5.41, 5.74) is 0.604. The highest BCUT2D eigenvalue weighted by Gasteiger charge is 2.38. The Labute approximate surface area is 144 Å². The van der Waals surface area contributed by atoms with Gasteiger partial charge in [0.05, 0.1) is 24.2 Å². The van der Waals surface area contributed by atoms with Gasteiger partial charge in [-0.15, -0.1) is 0 Å².